The van der Waals surface area contributed by atoms with Crippen molar-refractivity contribution < 1.29 is 23.8 Å². The first kappa shape index (κ1) is 27.8. The highest BCUT2D eigenvalue weighted by atomic mass is 16.6. The number of hydrogen-bond acceptors (Lipinski definition) is 8. The Kier molecular flexibility index (Phi) is 10.0. The summed E-state index contributed by atoms with van der Waals surface area (Å²) in [6, 6.07) is 0.000783. The summed E-state index contributed by atoms with van der Waals surface area (Å²) in [4.78, 5) is 37.0. The second-order valence-corrected chi connectivity index (χ2v) is 11.0. The van der Waals surface area contributed by atoms with E-state index in [9.17, 15) is 9.59 Å². The molecule has 0 bridgehead atoms. The predicted molar refractivity (Wildman–Crippen MR) is 137 cm³/mol. The molecule has 0 aromatic carbocycles. The Labute approximate surface area is 215 Å². The molecule has 3 heterocycles. The fourth-order valence-electron chi connectivity index (χ4n) is 4.54. The first-order valence-electron chi connectivity index (χ1n) is 13.2. The van der Waals surface area contributed by atoms with Crippen molar-refractivity contribution in [2.75, 3.05) is 37.7 Å². The van der Waals surface area contributed by atoms with E-state index in [1.807, 2.05) is 39.5 Å². The van der Waals surface area contributed by atoms with Gasteiger partial charge in [-0.05, 0) is 79.1 Å². The second-order valence-electron chi connectivity index (χ2n) is 11.0. The first-order valence-corrected chi connectivity index (χ1v) is 13.2. The van der Waals surface area contributed by atoms with Crippen LogP contribution in [0.15, 0.2) is 12.4 Å². The summed E-state index contributed by atoms with van der Waals surface area (Å²) < 4.78 is 16.5. The number of carbonyl (C=O) groups excluding carboxylic acids is 2. The van der Waals surface area contributed by atoms with Crippen molar-refractivity contribution in [3.05, 3.63) is 12.4 Å². The van der Waals surface area contributed by atoms with Crippen molar-refractivity contribution in [2.45, 2.75) is 90.9 Å². The SMILES string of the molecule is CC(C)OC(=O)N1CCC(CCCOc2cnc(N3CCCC(NC(=O)OC(C)(C)C)C3)nc2)CC1. The summed E-state index contributed by atoms with van der Waals surface area (Å²) >= 11 is 0. The van der Waals surface area contributed by atoms with Gasteiger partial charge in [-0.1, -0.05) is 0 Å². The number of nitrogens with one attached hydrogen (secondary N) is 1. The minimum atomic E-state index is -0.516. The van der Waals surface area contributed by atoms with Gasteiger partial charge in [-0.15, -0.1) is 0 Å². The molecule has 36 heavy (non-hydrogen) atoms. The van der Waals surface area contributed by atoms with Crippen LogP contribution in [0, 0.1) is 5.92 Å². The van der Waals surface area contributed by atoms with Gasteiger partial charge in [0.2, 0.25) is 5.95 Å². The third kappa shape index (κ3) is 9.35. The summed E-state index contributed by atoms with van der Waals surface area (Å²) in [6.45, 7) is 12.9. The fraction of sp³-hybridized carbons (Fsp3) is 0.769. The minimum Gasteiger partial charge on any atom is -0.490 e. The summed E-state index contributed by atoms with van der Waals surface area (Å²) in [7, 11) is 0. The zero-order valence-electron chi connectivity index (χ0n) is 22.5. The Morgan fingerprint density at radius 3 is 2.44 bits per heavy atom. The molecule has 2 amide bonds. The molecule has 2 saturated heterocycles. The number of piperidine rings is 2. The van der Waals surface area contributed by atoms with Gasteiger partial charge in [0.25, 0.3) is 0 Å². The molecular weight excluding hydrogens is 462 g/mol. The Morgan fingerprint density at radius 2 is 1.81 bits per heavy atom. The van der Waals surface area contributed by atoms with Crippen LogP contribution < -0.4 is 15.0 Å². The summed E-state index contributed by atoms with van der Waals surface area (Å²) in [5, 5.41) is 2.95. The summed E-state index contributed by atoms with van der Waals surface area (Å²) in [6.07, 6.45) is 8.64. The van der Waals surface area contributed by atoms with E-state index in [1.165, 1.54) is 0 Å². The van der Waals surface area contributed by atoms with E-state index in [2.05, 4.69) is 20.2 Å². The number of carbonyl (C=O) groups is 2. The predicted octanol–water partition coefficient (Wildman–Crippen LogP) is 4.39. The number of anilines is 1. The highest BCUT2D eigenvalue weighted by Gasteiger charge is 2.26. The van der Waals surface area contributed by atoms with Gasteiger partial charge in [-0.2, -0.15) is 0 Å². The molecule has 3 rings (SSSR count). The Balaban J connectivity index is 1.34. The van der Waals surface area contributed by atoms with Crippen LogP contribution in [-0.4, -0.2) is 77.6 Å². The van der Waals surface area contributed by atoms with Crippen molar-refractivity contribution in [2.24, 2.45) is 5.92 Å². The van der Waals surface area contributed by atoms with Crippen molar-refractivity contribution >= 4 is 18.1 Å². The topological polar surface area (TPSA) is 106 Å². The standard InChI is InChI=1S/C26H43N5O5/c1-19(2)35-25(33)30-13-10-20(11-14-30)8-7-15-34-22-16-27-23(28-17-22)31-12-6-9-21(18-31)29-24(32)36-26(3,4)5/h16-17,19-21H,6-15,18H2,1-5H3,(H,29,32). The number of amides is 2. The third-order valence-electron chi connectivity index (χ3n) is 6.27. The van der Waals surface area contributed by atoms with E-state index in [4.69, 9.17) is 14.2 Å². The molecule has 202 valence electrons. The zero-order chi connectivity index (χ0) is 26.1. The van der Waals surface area contributed by atoms with Crippen molar-refractivity contribution in [3.8, 4) is 5.75 Å². The molecule has 2 fully saturated rings. The maximum Gasteiger partial charge on any atom is 0.410 e. The van der Waals surface area contributed by atoms with Gasteiger partial charge >= 0.3 is 12.2 Å². The molecule has 0 aliphatic carbocycles. The first-order chi connectivity index (χ1) is 17.1. The molecular formula is C26H43N5O5. The smallest absolute Gasteiger partial charge is 0.410 e. The van der Waals surface area contributed by atoms with Crippen LogP contribution in [0.1, 0.15) is 73.1 Å². The van der Waals surface area contributed by atoms with Gasteiger partial charge in [0.15, 0.2) is 5.75 Å². The number of aromatic nitrogens is 2. The van der Waals surface area contributed by atoms with Gasteiger partial charge in [-0.3, -0.25) is 0 Å². The van der Waals surface area contributed by atoms with E-state index in [0.717, 1.165) is 58.2 Å². The fourth-order valence-corrected chi connectivity index (χ4v) is 4.54. The highest BCUT2D eigenvalue weighted by Crippen LogP contribution is 2.23. The average molecular weight is 506 g/mol. The largest absolute Gasteiger partial charge is 0.490 e. The van der Waals surface area contributed by atoms with Gasteiger partial charge < -0.3 is 29.3 Å². The Morgan fingerprint density at radius 1 is 1.11 bits per heavy atom. The van der Waals surface area contributed by atoms with E-state index < -0.39 is 11.7 Å². The van der Waals surface area contributed by atoms with Crippen LogP contribution in [0.25, 0.3) is 0 Å². The van der Waals surface area contributed by atoms with Crippen LogP contribution in [0.3, 0.4) is 0 Å². The maximum absolute atomic E-state index is 12.1. The molecule has 2 aliphatic heterocycles. The van der Waals surface area contributed by atoms with Gasteiger partial charge in [-0.25, -0.2) is 19.6 Å². The highest BCUT2D eigenvalue weighted by molar-refractivity contribution is 5.68. The normalized spacial score (nSPS) is 19.2. The Hall–Kier alpha value is -2.78. The molecule has 0 saturated carbocycles. The third-order valence-corrected chi connectivity index (χ3v) is 6.27. The second kappa shape index (κ2) is 13.0. The van der Waals surface area contributed by atoms with E-state index in [0.29, 0.717) is 30.8 Å². The quantitative estimate of drug-likeness (QED) is 0.519. The number of hydrogen-bond donors (Lipinski definition) is 1. The lowest BCUT2D eigenvalue weighted by molar-refractivity contribution is 0.0499. The lowest BCUT2D eigenvalue weighted by Gasteiger charge is -2.33. The summed E-state index contributed by atoms with van der Waals surface area (Å²) in [5.41, 5.74) is -0.516. The maximum atomic E-state index is 12.1. The summed E-state index contributed by atoms with van der Waals surface area (Å²) in [5.74, 6) is 1.91. The monoisotopic (exact) mass is 505 g/mol. The zero-order valence-corrected chi connectivity index (χ0v) is 22.5. The van der Waals surface area contributed by atoms with Crippen molar-refractivity contribution in [1.82, 2.24) is 20.2 Å². The number of alkyl carbamates (subject to hydrolysis) is 1. The minimum absolute atomic E-state index is 0.000783. The average Bonchev–Trinajstić information content (AvgIpc) is 2.81. The number of nitrogens with zero attached hydrogens (tertiary/aromatic N) is 4. The van der Waals surface area contributed by atoms with Crippen LogP contribution >= 0.6 is 0 Å². The van der Waals surface area contributed by atoms with E-state index in [-0.39, 0.29) is 18.2 Å². The number of likely N-dealkylation sites (tertiary alicyclic amines) is 1. The molecule has 1 aromatic heterocycles. The molecule has 10 heteroatoms. The van der Waals surface area contributed by atoms with Gasteiger partial charge in [0, 0.05) is 32.2 Å². The van der Waals surface area contributed by atoms with Crippen LogP contribution in [0.2, 0.25) is 0 Å². The molecule has 1 unspecified atom stereocenters. The van der Waals surface area contributed by atoms with Crippen LogP contribution in [-0.2, 0) is 9.47 Å². The molecule has 0 radical (unpaired) electrons. The van der Waals surface area contributed by atoms with Crippen LogP contribution in [0.4, 0.5) is 15.5 Å². The van der Waals surface area contributed by atoms with Gasteiger partial charge in [0.05, 0.1) is 25.1 Å². The molecule has 10 nitrogen and oxygen atoms in total. The molecule has 1 atom stereocenters. The molecule has 0 spiro atoms. The number of rotatable bonds is 8. The van der Waals surface area contributed by atoms with Crippen molar-refractivity contribution in [1.29, 1.82) is 0 Å². The Bertz CT molecular complexity index is 834. The number of ether oxygens (including phenoxy) is 3. The molecule has 2 aliphatic rings. The van der Waals surface area contributed by atoms with E-state index >= 15 is 0 Å². The molecule has 1 aromatic rings. The molecule has 1 N–H and O–H groups in total. The van der Waals surface area contributed by atoms with Crippen molar-refractivity contribution in [3.63, 3.8) is 0 Å². The van der Waals surface area contributed by atoms with E-state index in [1.54, 1.807) is 12.4 Å². The van der Waals surface area contributed by atoms with Gasteiger partial charge in [0.1, 0.15) is 5.60 Å². The lowest BCUT2D eigenvalue weighted by Crippen LogP contribution is -2.49. The lowest BCUT2D eigenvalue weighted by atomic mass is 9.92. The van der Waals surface area contributed by atoms with Crippen LogP contribution in [0.5, 0.6) is 5.75 Å².